The van der Waals surface area contributed by atoms with Crippen LogP contribution in [0.3, 0.4) is 0 Å². The van der Waals surface area contributed by atoms with Crippen LogP contribution in [0.25, 0.3) is 0 Å². The van der Waals surface area contributed by atoms with Crippen LogP contribution in [0.5, 0.6) is 0 Å². The van der Waals surface area contributed by atoms with Crippen LogP contribution in [-0.4, -0.2) is 18.7 Å². The van der Waals surface area contributed by atoms with Gasteiger partial charge in [0.05, 0.1) is 12.7 Å². The summed E-state index contributed by atoms with van der Waals surface area (Å²) in [7, 11) is 0. The lowest BCUT2D eigenvalue weighted by Crippen LogP contribution is -2.18. The first kappa shape index (κ1) is 13.0. The van der Waals surface area contributed by atoms with Crippen LogP contribution >= 0.6 is 0 Å². The molecule has 2 amide bonds. The lowest BCUT2D eigenvalue weighted by molar-refractivity contribution is 0.0467. The van der Waals surface area contributed by atoms with E-state index in [4.69, 9.17) is 9.53 Å². The molecule has 14 heavy (non-hydrogen) atoms. The summed E-state index contributed by atoms with van der Waals surface area (Å²) in [6, 6.07) is -0.833. The third-order valence-corrected chi connectivity index (χ3v) is 2.00. The Balaban J connectivity index is 0.000000364. The van der Waals surface area contributed by atoms with Crippen molar-refractivity contribution >= 4 is 6.03 Å². The molecule has 1 aliphatic rings. The fourth-order valence-electron chi connectivity index (χ4n) is 1.44. The number of carbonyl (C=O) groups excluding carboxylic acids is 1. The zero-order chi connectivity index (χ0) is 10.8. The molecule has 0 aromatic rings. The third-order valence-electron chi connectivity index (χ3n) is 2.00. The second-order valence-corrected chi connectivity index (χ2v) is 3.28. The molecule has 1 aliphatic carbocycles. The first-order valence-electron chi connectivity index (χ1n) is 4.94. The van der Waals surface area contributed by atoms with Gasteiger partial charge in [-0.25, -0.2) is 4.79 Å². The van der Waals surface area contributed by atoms with Gasteiger partial charge < -0.3 is 16.2 Å². The van der Waals surface area contributed by atoms with Crippen LogP contribution in [0.1, 0.15) is 32.1 Å². The SMILES string of the molecule is C=CCOC1CCCCC1.NC(N)=O. The maximum atomic E-state index is 9.00. The third kappa shape index (κ3) is 9.06. The highest BCUT2D eigenvalue weighted by molar-refractivity contribution is 5.69. The largest absolute Gasteiger partial charge is 0.374 e. The van der Waals surface area contributed by atoms with Crippen LogP contribution < -0.4 is 11.5 Å². The van der Waals surface area contributed by atoms with E-state index in [0.717, 1.165) is 6.61 Å². The molecule has 1 fully saturated rings. The van der Waals surface area contributed by atoms with Crippen molar-refractivity contribution in [2.75, 3.05) is 6.61 Å². The van der Waals surface area contributed by atoms with Gasteiger partial charge in [0.2, 0.25) is 0 Å². The Bertz CT molecular complexity index is 162. The van der Waals surface area contributed by atoms with E-state index in [1.807, 2.05) is 6.08 Å². The van der Waals surface area contributed by atoms with Gasteiger partial charge in [-0.15, -0.1) is 6.58 Å². The molecule has 0 saturated heterocycles. The Morgan fingerprint density at radius 1 is 1.36 bits per heavy atom. The summed E-state index contributed by atoms with van der Waals surface area (Å²) in [5, 5.41) is 0. The minimum atomic E-state index is -0.833. The van der Waals surface area contributed by atoms with Crippen LogP contribution in [0, 0.1) is 0 Å². The van der Waals surface area contributed by atoms with Crippen LogP contribution in [0.15, 0.2) is 12.7 Å². The molecule has 0 radical (unpaired) electrons. The monoisotopic (exact) mass is 200 g/mol. The van der Waals surface area contributed by atoms with Crippen molar-refractivity contribution in [2.24, 2.45) is 11.5 Å². The van der Waals surface area contributed by atoms with E-state index in [9.17, 15) is 0 Å². The number of urea groups is 1. The average molecular weight is 200 g/mol. The Hall–Kier alpha value is -1.03. The van der Waals surface area contributed by atoms with Crippen LogP contribution in [0.2, 0.25) is 0 Å². The summed E-state index contributed by atoms with van der Waals surface area (Å²) < 4.78 is 5.51. The number of carbonyl (C=O) groups is 1. The molecule has 0 atom stereocenters. The molecule has 0 aliphatic heterocycles. The van der Waals surface area contributed by atoms with Crippen molar-refractivity contribution in [2.45, 2.75) is 38.2 Å². The van der Waals surface area contributed by atoms with E-state index in [2.05, 4.69) is 18.0 Å². The first-order chi connectivity index (χ1) is 6.66. The molecule has 82 valence electrons. The van der Waals surface area contributed by atoms with E-state index in [-0.39, 0.29) is 0 Å². The molecular weight excluding hydrogens is 180 g/mol. The molecule has 0 bridgehead atoms. The lowest BCUT2D eigenvalue weighted by Gasteiger charge is -2.20. The maximum Gasteiger partial charge on any atom is 0.309 e. The van der Waals surface area contributed by atoms with Gasteiger partial charge in [0, 0.05) is 0 Å². The van der Waals surface area contributed by atoms with E-state index in [1.54, 1.807) is 0 Å². The minimum Gasteiger partial charge on any atom is -0.374 e. The highest BCUT2D eigenvalue weighted by Gasteiger charge is 2.12. The van der Waals surface area contributed by atoms with Gasteiger partial charge in [0.25, 0.3) is 0 Å². The summed E-state index contributed by atoms with van der Waals surface area (Å²) in [4.78, 5) is 9.00. The Kier molecular flexibility index (Phi) is 7.93. The molecule has 1 rings (SSSR count). The van der Waals surface area contributed by atoms with Gasteiger partial charge in [-0.1, -0.05) is 25.3 Å². The van der Waals surface area contributed by atoms with Gasteiger partial charge in [-0.3, -0.25) is 0 Å². The molecule has 4 heteroatoms. The molecular formula is C10H20N2O2. The van der Waals surface area contributed by atoms with Crippen LogP contribution in [-0.2, 0) is 4.74 Å². The first-order valence-corrected chi connectivity index (χ1v) is 4.94. The predicted octanol–water partition coefficient (Wildman–Crippen LogP) is 1.55. The summed E-state index contributed by atoms with van der Waals surface area (Å²) in [5.74, 6) is 0. The summed E-state index contributed by atoms with van der Waals surface area (Å²) in [6.45, 7) is 4.35. The highest BCUT2D eigenvalue weighted by Crippen LogP contribution is 2.19. The molecule has 0 aromatic carbocycles. The normalized spacial score (nSPS) is 16.6. The number of primary amides is 2. The standard InChI is InChI=1S/C9H16O.CH4N2O/c1-2-8-10-9-6-4-3-5-7-9;2-1(3)4/h2,9H,1,3-8H2;(H4,2,3,4). The molecule has 4 N–H and O–H groups in total. The number of amides is 2. The summed E-state index contributed by atoms with van der Waals surface area (Å²) in [5.41, 5.74) is 8.50. The minimum absolute atomic E-state index is 0.534. The number of hydrogen-bond donors (Lipinski definition) is 2. The maximum absolute atomic E-state index is 9.00. The average Bonchev–Trinajstić information content (AvgIpc) is 2.15. The van der Waals surface area contributed by atoms with Crippen molar-refractivity contribution in [3.8, 4) is 0 Å². The molecule has 4 nitrogen and oxygen atoms in total. The zero-order valence-electron chi connectivity index (χ0n) is 8.58. The summed E-state index contributed by atoms with van der Waals surface area (Å²) >= 11 is 0. The predicted molar refractivity (Wildman–Crippen MR) is 56.8 cm³/mol. The van der Waals surface area contributed by atoms with E-state index >= 15 is 0 Å². The number of ether oxygens (including phenoxy) is 1. The van der Waals surface area contributed by atoms with E-state index < -0.39 is 6.03 Å². The van der Waals surface area contributed by atoms with Crippen molar-refractivity contribution < 1.29 is 9.53 Å². The molecule has 0 heterocycles. The number of hydrogen-bond acceptors (Lipinski definition) is 2. The van der Waals surface area contributed by atoms with Gasteiger partial charge >= 0.3 is 6.03 Å². The Labute approximate surface area is 85.3 Å². The fourth-order valence-corrected chi connectivity index (χ4v) is 1.44. The van der Waals surface area contributed by atoms with Crippen molar-refractivity contribution in [1.29, 1.82) is 0 Å². The van der Waals surface area contributed by atoms with E-state index in [0.29, 0.717) is 6.10 Å². The van der Waals surface area contributed by atoms with Gasteiger partial charge in [-0.05, 0) is 12.8 Å². The van der Waals surface area contributed by atoms with Crippen LogP contribution in [0.4, 0.5) is 4.79 Å². The molecule has 0 spiro atoms. The zero-order valence-corrected chi connectivity index (χ0v) is 8.58. The Morgan fingerprint density at radius 2 is 1.86 bits per heavy atom. The number of nitrogens with two attached hydrogens (primary N) is 2. The van der Waals surface area contributed by atoms with Gasteiger partial charge in [-0.2, -0.15) is 0 Å². The van der Waals surface area contributed by atoms with Crippen molar-refractivity contribution in [3.63, 3.8) is 0 Å². The second-order valence-electron chi connectivity index (χ2n) is 3.28. The molecule has 0 unspecified atom stereocenters. The van der Waals surface area contributed by atoms with Crippen molar-refractivity contribution in [3.05, 3.63) is 12.7 Å². The second kappa shape index (κ2) is 8.56. The van der Waals surface area contributed by atoms with Crippen molar-refractivity contribution in [1.82, 2.24) is 0 Å². The number of rotatable bonds is 3. The topological polar surface area (TPSA) is 78.3 Å². The molecule has 1 saturated carbocycles. The summed E-state index contributed by atoms with van der Waals surface area (Å²) in [6.07, 6.45) is 8.97. The fraction of sp³-hybridized carbons (Fsp3) is 0.700. The van der Waals surface area contributed by atoms with E-state index in [1.165, 1.54) is 32.1 Å². The van der Waals surface area contributed by atoms with Gasteiger partial charge in [0.15, 0.2) is 0 Å². The lowest BCUT2D eigenvalue weighted by atomic mass is 9.98. The quantitative estimate of drug-likeness (QED) is 0.678. The highest BCUT2D eigenvalue weighted by atomic mass is 16.5. The Morgan fingerprint density at radius 3 is 2.29 bits per heavy atom. The van der Waals surface area contributed by atoms with Gasteiger partial charge in [0.1, 0.15) is 0 Å². The molecule has 0 aromatic heterocycles. The smallest absolute Gasteiger partial charge is 0.309 e.